The number of hydrogen-bond acceptors (Lipinski definition) is 4. The average molecular weight is 444 g/mol. The van der Waals surface area contributed by atoms with E-state index in [1.165, 1.54) is 21.3 Å². The van der Waals surface area contributed by atoms with Crippen LogP contribution in [-0.2, 0) is 10.0 Å². The second kappa shape index (κ2) is 8.16. The zero-order valence-electron chi connectivity index (χ0n) is 15.0. The summed E-state index contributed by atoms with van der Waals surface area (Å²) in [4.78, 5) is 13.8. The van der Waals surface area contributed by atoms with Crippen molar-refractivity contribution in [1.29, 1.82) is 0 Å². The maximum atomic E-state index is 12.8. The summed E-state index contributed by atoms with van der Waals surface area (Å²) >= 11 is 11.8. The molecule has 2 N–H and O–H groups in total. The van der Waals surface area contributed by atoms with Crippen molar-refractivity contribution in [1.82, 2.24) is 9.21 Å². The van der Waals surface area contributed by atoms with E-state index in [-0.39, 0.29) is 42.9 Å². The van der Waals surface area contributed by atoms with Crippen LogP contribution in [0, 0.1) is 6.92 Å². The van der Waals surface area contributed by atoms with Crippen LogP contribution < -0.4 is 5.32 Å². The maximum absolute atomic E-state index is 12.8. The summed E-state index contributed by atoms with van der Waals surface area (Å²) in [7, 11) is -3.84. The van der Waals surface area contributed by atoms with Crippen LogP contribution >= 0.6 is 23.2 Å². The number of carbonyl (C=O) groups is 1. The Morgan fingerprint density at radius 2 is 1.71 bits per heavy atom. The second-order valence-corrected chi connectivity index (χ2v) is 9.14. The molecule has 2 aromatic rings. The van der Waals surface area contributed by atoms with E-state index in [1.54, 1.807) is 31.2 Å². The van der Waals surface area contributed by atoms with Crippen molar-refractivity contribution in [2.24, 2.45) is 0 Å². The topological polar surface area (TPSA) is 90.0 Å². The maximum Gasteiger partial charge on any atom is 0.321 e. The van der Waals surface area contributed by atoms with Crippen LogP contribution in [0.2, 0.25) is 10.0 Å². The molecular formula is C18H19Cl2N3O4S. The molecule has 0 spiro atoms. The number of nitrogens with one attached hydrogen (secondary N) is 1. The van der Waals surface area contributed by atoms with Gasteiger partial charge in [-0.05, 0) is 42.8 Å². The largest absolute Gasteiger partial charge is 0.507 e. The van der Waals surface area contributed by atoms with Crippen molar-refractivity contribution in [3.8, 4) is 5.75 Å². The molecule has 0 bridgehead atoms. The Morgan fingerprint density at radius 1 is 1.04 bits per heavy atom. The van der Waals surface area contributed by atoms with Gasteiger partial charge in [-0.2, -0.15) is 4.31 Å². The lowest BCUT2D eigenvalue weighted by atomic mass is 10.2. The molecule has 0 radical (unpaired) electrons. The minimum Gasteiger partial charge on any atom is -0.507 e. The van der Waals surface area contributed by atoms with Gasteiger partial charge in [-0.25, -0.2) is 13.2 Å². The number of aryl methyl sites for hydroxylation is 1. The summed E-state index contributed by atoms with van der Waals surface area (Å²) < 4.78 is 26.9. The van der Waals surface area contributed by atoms with Crippen LogP contribution in [-0.4, -0.2) is 54.9 Å². The number of aromatic hydroxyl groups is 1. The van der Waals surface area contributed by atoms with E-state index in [4.69, 9.17) is 23.2 Å². The van der Waals surface area contributed by atoms with Crippen LogP contribution in [0.1, 0.15) is 5.56 Å². The molecule has 1 saturated heterocycles. The fourth-order valence-corrected chi connectivity index (χ4v) is 4.76. The molecule has 2 amide bonds. The van der Waals surface area contributed by atoms with Gasteiger partial charge in [-0.15, -0.1) is 0 Å². The molecule has 150 valence electrons. The highest BCUT2D eigenvalue weighted by molar-refractivity contribution is 7.89. The van der Waals surface area contributed by atoms with Crippen LogP contribution in [0.15, 0.2) is 41.3 Å². The van der Waals surface area contributed by atoms with Crippen LogP contribution in [0.4, 0.5) is 10.5 Å². The van der Waals surface area contributed by atoms with Crippen molar-refractivity contribution in [2.45, 2.75) is 11.8 Å². The fraction of sp³-hybridized carbons (Fsp3) is 0.278. The highest BCUT2D eigenvalue weighted by atomic mass is 35.5. The van der Waals surface area contributed by atoms with Crippen molar-refractivity contribution < 1.29 is 18.3 Å². The molecule has 0 aromatic heterocycles. The van der Waals surface area contributed by atoms with Gasteiger partial charge in [0.15, 0.2) is 0 Å². The average Bonchev–Trinajstić information content (AvgIpc) is 2.66. The van der Waals surface area contributed by atoms with Crippen molar-refractivity contribution >= 4 is 44.9 Å². The molecule has 7 nitrogen and oxygen atoms in total. The highest BCUT2D eigenvalue weighted by Crippen LogP contribution is 2.28. The Labute approximate surface area is 173 Å². The monoisotopic (exact) mass is 443 g/mol. The molecule has 0 unspecified atom stereocenters. The zero-order valence-corrected chi connectivity index (χ0v) is 17.4. The number of nitrogens with zero attached hydrogens (tertiary/aromatic N) is 2. The Balaban J connectivity index is 1.65. The molecule has 1 heterocycles. The van der Waals surface area contributed by atoms with Gasteiger partial charge in [0.1, 0.15) is 10.6 Å². The van der Waals surface area contributed by atoms with Crippen LogP contribution in [0.5, 0.6) is 5.75 Å². The molecule has 1 aliphatic heterocycles. The van der Waals surface area contributed by atoms with Crippen molar-refractivity contribution in [3.05, 3.63) is 52.0 Å². The van der Waals surface area contributed by atoms with Gasteiger partial charge >= 0.3 is 6.03 Å². The summed E-state index contributed by atoms with van der Waals surface area (Å²) in [6.45, 7) is 2.46. The van der Waals surface area contributed by atoms with Gasteiger partial charge in [-0.3, -0.25) is 0 Å². The Hall–Kier alpha value is -2.00. The number of phenols is 1. The Morgan fingerprint density at radius 3 is 2.36 bits per heavy atom. The Kier molecular flexibility index (Phi) is 6.04. The normalized spacial score (nSPS) is 15.5. The predicted molar refractivity (Wildman–Crippen MR) is 109 cm³/mol. The summed E-state index contributed by atoms with van der Waals surface area (Å²) in [6.07, 6.45) is 0. The summed E-state index contributed by atoms with van der Waals surface area (Å²) in [5.74, 6) is -0.287. The van der Waals surface area contributed by atoms with E-state index in [9.17, 15) is 18.3 Å². The number of rotatable bonds is 3. The quantitative estimate of drug-likeness (QED) is 0.758. The highest BCUT2D eigenvalue weighted by Gasteiger charge is 2.32. The lowest BCUT2D eigenvalue weighted by Crippen LogP contribution is -2.51. The molecule has 0 saturated carbocycles. The third-order valence-electron chi connectivity index (χ3n) is 4.43. The van der Waals surface area contributed by atoms with Gasteiger partial charge in [-0.1, -0.05) is 29.3 Å². The number of carbonyl (C=O) groups excluding carboxylic acids is 1. The third kappa shape index (κ3) is 4.35. The third-order valence-corrected chi connectivity index (χ3v) is 7.10. The minimum atomic E-state index is -3.84. The number of benzene rings is 2. The SMILES string of the molecule is Cc1ccc(O)c(S(=O)(=O)N2CCN(C(=O)Nc3ccc(Cl)c(Cl)c3)CC2)c1. The first-order chi connectivity index (χ1) is 13.2. The van der Waals surface area contributed by atoms with Gasteiger partial charge in [0.25, 0.3) is 0 Å². The lowest BCUT2D eigenvalue weighted by Gasteiger charge is -2.34. The molecule has 0 aliphatic carbocycles. The number of urea groups is 1. The molecular weight excluding hydrogens is 425 g/mol. The molecule has 1 aliphatic rings. The number of halogens is 2. The Bertz CT molecular complexity index is 1010. The van der Waals surface area contributed by atoms with E-state index in [0.29, 0.717) is 15.7 Å². The molecule has 0 atom stereocenters. The smallest absolute Gasteiger partial charge is 0.321 e. The van der Waals surface area contributed by atoms with E-state index in [1.807, 2.05) is 0 Å². The number of amides is 2. The van der Waals surface area contributed by atoms with Crippen molar-refractivity contribution in [3.63, 3.8) is 0 Å². The first-order valence-corrected chi connectivity index (χ1v) is 10.7. The minimum absolute atomic E-state index is 0.124. The number of sulfonamides is 1. The number of piperazine rings is 1. The van der Waals surface area contributed by atoms with Gasteiger partial charge in [0.2, 0.25) is 10.0 Å². The molecule has 3 rings (SSSR count). The summed E-state index contributed by atoms with van der Waals surface area (Å²) in [5.41, 5.74) is 1.23. The van der Waals surface area contributed by atoms with E-state index >= 15 is 0 Å². The van der Waals surface area contributed by atoms with Crippen LogP contribution in [0.25, 0.3) is 0 Å². The first-order valence-electron chi connectivity index (χ1n) is 8.49. The second-order valence-electron chi connectivity index (χ2n) is 6.42. The van der Waals surface area contributed by atoms with E-state index in [0.717, 1.165) is 5.56 Å². The standard InChI is InChI=1S/C18H19Cl2N3O4S/c1-12-2-5-16(24)17(10-12)28(26,27)23-8-6-22(7-9-23)18(25)21-13-3-4-14(19)15(20)11-13/h2-5,10-11,24H,6-9H2,1H3,(H,21,25). The van der Waals surface area contributed by atoms with E-state index in [2.05, 4.69) is 5.32 Å². The molecule has 10 heteroatoms. The summed E-state index contributed by atoms with van der Waals surface area (Å²) in [6, 6.07) is 8.85. The van der Waals surface area contributed by atoms with Gasteiger partial charge in [0, 0.05) is 31.9 Å². The molecule has 28 heavy (non-hydrogen) atoms. The molecule has 1 fully saturated rings. The molecule has 2 aromatic carbocycles. The lowest BCUT2D eigenvalue weighted by molar-refractivity contribution is 0.184. The number of hydrogen-bond donors (Lipinski definition) is 2. The number of anilines is 1. The predicted octanol–water partition coefficient (Wildman–Crippen LogP) is 3.55. The van der Waals surface area contributed by atoms with Crippen molar-refractivity contribution in [2.75, 3.05) is 31.5 Å². The summed E-state index contributed by atoms with van der Waals surface area (Å²) in [5, 5.41) is 13.4. The van der Waals surface area contributed by atoms with Crippen LogP contribution in [0.3, 0.4) is 0 Å². The van der Waals surface area contributed by atoms with Gasteiger partial charge < -0.3 is 15.3 Å². The van der Waals surface area contributed by atoms with Gasteiger partial charge in [0.05, 0.1) is 10.0 Å². The number of phenolic OH excluding ortho intramolecular Hbond substituents is 1. The first kappa shape index (κ1) is 20.7. The van der Waals surface area contributed by atoms with E-state index < -0.39 is 10.0 Å². The fourth-order valence-electron chi connectivity index (χ4n) is 2.88. The zero-order chi connectivity index (χ0) is 20.5.